The smallest absolute Gasteiger partial charge is 0.307 e. The normalized spacial score (nSPS) is 15.9. The number of benzene rings is 1. The third-order valence-electron chi connectivity index (χ3n) is 4.57. The number of allylic oxidation sites excluding steroid dienone is 4. The lowest BCUT2D eigenvalue weighted by atomic mass is 10.1. The van der Waals surface area contributed by atoms with Gasteiger partial charge in [0, 0.05) is 18.2 Å². The lowest BCUT2D eigenvalue weighted by molar-refractivity contribution is -0.123. The molecule has 0 saturated carbocycles. The van der Waals surface area contributed by atoms with Crippen LogP contribution in [0.25, 0.3) is 0 Å². The van der Waals surface area contributed by atoms with Crippen molar-refractivity contribution in [3.05, 3.63) is 76.4 Å². The molecule has 2 heterocycles. The number of hydrogen-bond donors (Lipinski definition) is 2. The topological polar surface area (TPSA) is 113 Å². The van der Waals surface area contributed by atoms with Crippen molar-refractivity contribution in [3.8, 4) is 0 Å². The Balaban J connectivity index is 1.74. The van der Waals surface area contributed by atoms with E-state index in [1.807, 2.05) is 4.72 Å². The van der Waals surface area contributed by atoms with Crippen LogP contribution in [0.5, 0.6) is 0 Å². The van der Waals surface area contributed by atoms with Crippen molar-refractivity contribution < 1.29 is 27.2 Å². The van der Waals surface area contributed by atoms with E-state index < -0.39 is 33.7 Å². The molecule has 178 valence electrons. The van der Waals surface area contributed by atoms with Crippen LogP contribution in [0.3, 0.4) is 0 Å². The molecule has 0 saturated heterocycles. The van der Waals surface area contributed by atoms with Gasteiger partial charge in [-0.3, -0.25) is 9.59 Å². The Bertz CT molecular complexity index is 1310. The first-order valence-corrected chi connectivity index (χ1v) is 12.6. The van der Waals surface area contributed by atoms with Crippen molar-refractivity contribution >= 4 is 62.2 Å². The van der Waals surface area contributed by atoms with Crippen LogP contribution in [0, 0.1) is 0 Å². The number of nitrogens with one attached hydrogen (secondary N) is 2. The van der Waals surface area contributed by atoms with Gasteiger partial charge in [0.05, 0.1) is 10.0 Å². The monoisotopic (exact) mass is 523 g/mol. The number of anilines is 2. The second-order valence-corrected chi connectivity index (χ2v) is 10.5. The maximum atomic E-state index is 14.2. The molecule has 34 heavy (non-hydrogen) atoms. The minimum Gasteiger partial charge on any atom is -0.307 e. The van der Waals surface area contributed by atoms with Crippen LogP contribution in [0.4, 0.5) is 20.6 Å². The van der Waals surface area contributed by atoms with Crippen molar-refractivity contribution in [3.63, 3.8) is 0 Å². The second kappa shape index (κ2) is 10.8. The highest BCUT2D eigenvalue weighted by atomic mass is 35.5. The first-order chi connectivity index (χ1) is 16.1. The zero-order valence-corrected chi connectivity index (χ0v) is 20.1. The van der Waals surface area contributed by atoms with Gasteiger partial charge in [0.1, 0.15) is 10.0 Å². The maximum Gasteiger partial charge on any atom is 0.333 e. The van der Waals surface area contributed by atoms with Crippen LogP contribution in [0.15, 0.2) is 76.3 Å². The van der Waals surface area contributed by atoms with Gasteiger partial charge >= 0.3 is 6.03 Å². The summed E-state index contributed by atoms with van der Waals surface area (Å²) in [6.45, 7) is 1.76. The van der Waals surface area contributed by atoms with Crippen molar-refractivity contribution in [2.45, 2.75) is 24.0 Å². The zero-order valence-electron chi connectivity index (χ0n) is 17.7. The van der Waals surface area contributed by atoms with Crippen LogP contribution in [0.1, 0.15) is 19.8 Å². The number of urea groups is 1. The van der Waals surface area contributed by atoms with Gasteiger partial charge in [0.25, 0.3) is 15.9 Å². The highest BCUT2D eigenvalue weighted by molar-refractivity contribution is 7.92. The molecule has 1 aliphatic rings. The summed E-state index contributed by atoms with van der Waals surface area (Å²) in [4.78, 5) is 38.2. The number of thiophene rings is 1. The van der Waals surface area contributed by atoms with Gasteiger partial charge in [-0.1, -0.05) is 30.7 Å². The molecule has 2 N–H and O–H groups in total. The summed E-state index contributed by atoms with van der Waals surface area (Å²) in [5.74, 6) is -1.82. The van der Waals surface area contributed by atoms with Crippen LogP contribution in [-0.4, -0.2) is 26.3 Å². The molecule has 0 aliphatic carbocycles. The Hall–Kier alpha value is -3.28. The number of rotatable bonds is 5. The number of nitrogens with zero attached hydrogens (tertiary/aromatic N) is 1. The summed E-state index contributed by atoms with van der Waals surface area (Å²) >= 11 is 6.53. The molecule has 0 atom stereocenters. The minimum atomic E-state index is -4.10. The van der Waals surface area contributed by atoms with Crippen molar-refractivity contribution in [1.82, 2.24) is 4.72 Å². The van der Waals surface area contributed by atoms with E-state index in [2.05, 4.69) is 5.32 Å². The number of imide groups is 1. The van der Waals surface area contributed by atoms with E-state index >= 15 is 0 Å². The average molecular weight is 524 g/mol. The summed E-state index contributed by atoms with van der Waals surface area (Å²) < 4.78 is 40.6. The molecular weight excluding hydrogens is 505 g/mol. The molecule has 12 heteroatoms. The van der Waals surface area contributed by atoms with Crippen molar-refractivity contribution in [2.75, 3.05) is 10.2 Å². The molecule has 0 fully saturated rings. The van der Waals surface area contributed by atoms with Gasteiger partial charge in [-0.25, -0.2) is 27.2 Å². The summed E-state index contributed by atoms with van der Waals surface area (Å²) in [6.07, 6.45) is 5.27. The van der Waals surface area contributed by atoms with Crippen molar-refractivity contribution in [1.29, 1.82) is 0 Å². The highest BCUT2D eigenvalue weighted by Gasteiger charge is 2.22. The molecule has 0 spiro atoms. The Labute approximate surface area is 204 Å². The molecule has 1 aromatic heterocycles. The Morgan fingerprint density at radius 3 is 2.44 bits per heavy atom. The molecular formula is C22H19ClFN3O5S2. The standard InChI is InChI=1S/C22H19ClFN3O5S2/c1-2-14-4-3-5-19(28)27(20(29)12-10-17(14)24)16-8-6-15(7-9-16)25-22(30)26-34(31,32)21-13-11-18(23)33-21/h3-4,6-13H,2,5H2,1H3,(H2,25,26,30)/b4-3?,12-10+,17-14?. The van der Waals surface area contributed by atoms with E-state index in [9.17, 15) is 27.2 Å². The third-order valence-corrected chi connectivity index (χ3v) is 7.62. The first-order valence-electron chi connectivity index (χ1n) is 9.90. The fourth-order valence-corrected chi connectivity index (χ4v) is 5.33. The van der Waals surface area contributed by atoms with Gasteiger partial charge in [-0.15, -0.1) is 11.3 Å². The quantitative estimate of drug-likeness (QED) is 0.540. The summed E-state index contributed by atoms with van der Waals surface area (Å²) in [6, 6.07) is 7.22. The van der Waals surface area contributed by atoms with Crippen LogP contribution < -0.4 is 14.9 Å². The number of sulfonamides is 1. The Morgan fingerprint density at radius 1 is 1.12 bits per heavy atom. The molecule has 1 aliphatic heterocycles. The average Bonchev–Trinajstić information content (AvgIpc) is 3.23. The minimum absolute atomic E-state index is 0.122. The second-order valence-electron chi connectivity index (χ2n) is 6.90. The van der Waals surface area contributed by atoms with Gasteiger partial charge in [0.15, 0.2) is 0 Å². The molecule has 3 rings (SSSR count). The van der Waals surface area contributed by atoms with E-state index in [0.717, 1.165) is 28.4 Å². The first kappa shape index (κ1) is 25.3. The lowest BCUT2D eigenvalue weighted by Crippen LogP contribution is -2.35. The Kier molecular flexibility index (Phi) is 8.02. The number of carbonyl (C=O) groups is 3. The van der Waals surface area contributed by atoms with Gasteiger partial charge < -0.3 is 5.32 Å². The van der Waals surface area contributed by atoms with Crippen LogP contribution in [0.2, 0.25) is 4.34 Å². The predicted octanol–water partition coefficient (Wildman–Crippen LogP) is 4.92. The number of halogens is 2. The molecule has 8 nitrogen and oxygen atoms in total. The van der Waals surface area contributed by atoms with Crippen LogP contribution in [-0.2, 0) is 19.6 Å². The number of carbonyl (C=O) groups excluding carboxylic acids is 3. The summed E-state index contributed by atoms with van der Waals surface area (Å²) in [5, 5.41) is 2.36. The third kappa shape index (κ3) is 6.19. The molecule has 0 radical (unpaired) electrons. The zero-order chi connectivity index (χ0) is 24.9. The fourth-order valence-electron chi connectivity index (χ4n) is 2.94. The van der Waals surface area contributed by atoms with Crippen LogP contribution >= 0.6 is 22.9 Å². The number of hydrogen-bond acceptors (Lipinski definition) is 6. The van der Waals surface area contributed by atoms with E-state index in [1.165, 1.54) is 48.6 Å². The fraction of sp³-hybridized carbons (Fsp3) is 0.136. The highest BCUT2D eigenvalue weighted by Crippen LogP contribution is 2.26. The van der Waals surface area contributed by atoms with Gasteiger partial charge in [-0.05, 0) is 54.5 Å². The van der Waals surface area contributed by atoms with Crippen molar-refractivity contribution in [2.24, 2.45) is 0 Å². The number of amides is 4. The molecule has 4 amide bonds. The van der Waals surface area contributed by atoms with E-state index in [-0.39, 0.29) is 26.3 Å². The van der Waals surface area contributed by atoms with E-state index in [0.29, 0.717) is 12.0 Å². The van der Waals surface area contributed by atoms with Gasteiger partial charge in [-0.2, -0.15) is 0 Å². The Morgan fingerprint density at radius 2 is 1.82 bits per heavy atom. The molecule has 2 aromatic rings. The SMILES string of the molecule is CCC1=C(F)/C=C/C(=O)N(c2ccc(NC(=O)NS(=O)(=O)c3ccc(Cl)s3)cc2)C(=O)CC=C1. The molecule has 0 bridgehead atoms. The lowest BCUT2D eigenvalue weighted by Gasteiger charge is -2.20. The predicted molar refractivity (Wildman–Crippen MR) is 129 cm³/mol. The van der Waals surface area contributed by atoms with E-state index in [4.69, 9.17) is 11.6 Å². The van der Waals surface area contributed by atoms with Gasteiger partial charge in [0.2, 0.25) is 5.91 Å². The molecule has 0 unspecified atom stereocenters. The molecule has 1 aromatic carbocycles. The maximum absolute atomic E-state index is 14.2. The largest absolute Gasteiger partial charge is 0.333 e. The summed E-state index contributed by atoms with van der Waals surface area (Å²) in [7, 11) is -4.10. The van der Waals surface area contributed by atoms with E-state index in [1.54, 1.807) is 6.92 Å². The summed E-state index contributed by atoms with van der Waals surface area (Å²) in [5.41, 5.74) is 0.780.